The first-order chi connectivity index (χ1) is 13.5. The number of anilines is 1. The molecule has 1 aliphatic rings. The van der Waals surface area contributed by atoms with Gasteiger partial charge in [-0.15, -0.1) is 0 Å². The Labute approximate surface area is 162 Å². The summed E-state index contributed by atoms with van der Waals surface area (Å²) in [5.74, 6) is 1.42. The summed E-state index contributed by atoms with van der Waals surface area (Å²) in [5.41, 5.74) is 1.13. The smallest absolute Gasteiger partial charge is 0.414 e. The minimum Gasteiger partial charge on any atom is -0.497 e. The van der Waals surface area contributed by atoms with Crippen LogP contribution < -0.4 is 24.4 Å². The zero-order valence-electron chi connectivity index (χ0n) is 15.9. The SMILES string of the molecule is COc1ccc(N2CC(CNC(=O)c3ccc(OC)c(OC)c3)OC2=O)cc1. The molecule has 8 heteroatoms. The first-order valence-corrected chi connectivity index (χ1v) is 8.68. The van der Waals surface area contributed by atoms with Crippen LogP contribution in [0.15, 0.2) is 42.5 Å². The lowest BCUT2D eigenvalue weighted by Crippen LogP contribution is -2.34. The van der Waals surface area contributed by atoms with Crippen molar-refractivity contribution in [3.05, 3.63) is 48.0 Å². The van der Waals surface area contributed by atoms with Crippen molar-refractivity contribution >= 4 is 17.7 Å². The molecule has 148 valence electrons. The number of carbonyl (C=O) groups is 2. The van der Waals surface area contributed by atoms with Gasteiger partial charge in [-0.05, 0) is 42.5 Å². The minimum atomic E-state index is -0.449. The highest BCUT2D eigenvalue weighted by Gasteiger charge is 2.32. The molecule has 1 fully saturated rings. The molecule has 1 N–H and O–H groups in total. The largest absolute Gasteiger partial charge is 0.497 e. The van der Waals surface area contributed by atoms with E-state index in [0.29, 0.717) is 35.0 Å². The molecule has 1 unspecified atom stereocenters. The Kier molecular flexibility index (Phi) is 5.88. The van der Waals surface area contributed by atoms with Crippen LogP contribution in [0.1, 0.15) is 10.4 Å². The maximum atomic E-state index is 12.4. The molecule has 0 aliphatic carbocycles. The van der Waals surface area contributed by atoms with Crippen LogP contribution in [0.25, 0.3) is 0 Å². The van der Waals surface area contributed by atoms with Gasteiger partial charge in [-0.3, -0.25) is 9.69 Å². The summed E-state index contributed by atoms with van der Waals surface area (Å²) in [6.45, 7) is 0.545. The average molecular weight is 386 g/mol. The van der Waals surface area contributed by atoms with Gasteiger partial charge in [0.2, 0.25) is 0 Å². The Morgan fingerprint density at radius 2 is 1.79 bits per heavy atom. The third-order valence-electron chi connectivity index (χ3n) is 4.39. The van der Waals surface area contributed by atoms with Gasteiger partial charge in [0.25, 0.3) is 5.91 Å². The van der Waals surface area contributed by atoms with Crippen molar-refractivity contribution in [1.29, 1.82) is 0 Å². The molecule has 2 aromatic carbocycles. The fraction of sp³-hybridized carbons (Fsp3) is 0.300. The molecule has 1 heterocycles. The summed E-state index contributed by atoms with van der Waals surface area (Å²) in [7, 11) is 4.61. The van der Waals surface area contributed by atoms with Gasteiger partial charge in [-0.2, -0.15) is 0 Å². The summed E-state index contributed by atoms with van der Waals surface area (Å²) in [6, 6.07) is 12.0. The standard InChI is InChI=1S/C20H22N2O6/c1-25-15-7-5-14(6-8-15)22-12-16(28-20(22)24)11-21-19(23)13-4-9-17(26-2)18(10-13)27-3/h4-10,16H,11-12H2,1-3H3,(H,21,23). The van der Waals surface area contributed by atoms with E-state index in [2.05, 4.69) is 5.32 Å². The lowest BCUT2D eigenvalue weighted by Gasteiger charge is -2.14. The molecule has 2 amide bonds. The predicted molar refractivity (Wildman–Crippen MR) is 102 cm³/mol. The topological polar surface area (TPSA) is 86.3 Å². The summed E-state index contributed by atoms with van der Waals surface area (Å²) < 4.78 is 20.8. The lowest BCUT2D eigenvalue weighted by molar-refractivity contribution is 0.0915. The van der Waals surface area contributed by atoms with E-state index in [-0.39, 0.29) is 12.5 Å². The minimum absolute atomic E-state index is 0.200. The summed E-state index contributed by atoms with van der Waals surface area (Å²) in [5, 5.41) is 2.78. The first kappa shape index (κ1) is 19.3. The maximum absolute atomic E-state index is 12.4. The Hall–Kier alpha value is -3.42. The number of cyclic esters (lactones) is 1. The molecule has 1 atom stereocenters. The van der Waals surface area contributed by atoms with Crippen molar-refractivity contribution in [2.75, 3.05) is 39.3 Å². The van der Waals surface area contributed by atoms with E-state index >= 15 is 0 Å². The van der Waals surface area contributed by atoms with E-state index in [1.54, 1.807) is 49.6 Å². The van der Waals surface area contributed by atoms with Crippen LogP contribution in [-0.2, 0) is 4.74 Å². The number of hydrogen-bond acceptors (Lipinski definition) is 6. The van der Waals surface area contributed by atoms with Gasteiger partial charge >= 0.3 is 6.09 Å². The van der Waals surface area contributed by atoms with Crippen LogP contribution in [-0.4, -0.2) is 52.5 Å². The molecule has 2 aromatic rings. The Morgan fingerprint density at radius 1 is 1.07 bits per heavy atom. The van der Waals surface area contributed by atoms with Gasteiger partial charge in [0.05, 0.1) is 34.4 Å². The van der Waals surface area contributed by atoms with Crippen molar-refractivity contribution in [2.24, 2.45) is 0 Å². The van der Waals surface area contributed by atoms with E-state index < -0.39 is 12.2 Å². The van der Waals surface area contributed by atoms with Gasteiger partial charge in [0.15, 0.2) is 11.5 Å². The number of ether oxygens (including phenoxy) is 4. The van der Waals surface area contributed by atoms with E-state index in [1.165, 1.54) is 19.1 Å². The molecular weight excluding hydrogens is 364 g/mol. The molecule has 1 saturated heterocycles. The van der Waals surface area contributed by atoms with Crippen LogP contribution in [0.5, 0.6) is 17.2 Å². The second-order valence-electron chi connectivity index (χ2n) is 6.09. The highest BCUT2D eigenvalue weighted by molar-refractivity contribution is 5.95. The first-order valence-electron chi connectivity index (χ1n) is 8.68. The molecule has 0 aromatic heterocycles. The van der Waals surface area contributed by atoms with E-state index in [9.17, 15) is 9.59 Å². The molecule has 0 bridgehead atoms. The molecule has 0 spiro atoms. The Bertz CT molecular complexity index is 852. The maximum Gasteiger partial charge on any atom is 0.414 e. The molecule has 8 nitrogen and oxygen atoms in total. The van der Waals surface area contributed by atoms with Crippen LogP contribution in [0.4, 0.5) is 10.5 Å². The average Bonchev–Trinajstić information content (AvgIpc) is 3.11. The van der Waals surface area contributed by atoms with Crippen LogP contribution in [0.2, 0.25) is 0 Å². The number of carbonyl (C=O) groups excluding carboxylic acids is 2. The number of benzene rings is 2. The normalized spacial score (nSPS) is 15.8. The lowest BCUT2D eigenvalue weighted by atomic mass is 10.2. The van der Waals surface area contributed by atoms with Gasteiger partial charge in [0.1, 0.15) is 11.9 Å². The van der Waals surface area contributed by atoms with Crippen molar-refractivity contribution in [3.8, 4) is 17.2 Å². The van der Waals surface area contributed by atoms with E-state index in [1.807, 2.05) is 0 Å². The number of hydrogen-bond donors (Lipinski definition) is 1. The summed E-state index contributed by atoms with van der Waals surface area (Å²) in [4.78, 5) is 26.1. The fourth-order valence-electron chi connectivity index (χ4n) is 2.89. The molecule has 0 saturated carbocycles. The number of nitrogens with one attached hydrogen (secondary N) is 1. The third-order valence-corrected chi connectivity index (χ3v) is 4.39. The fourth-order valence-corrected chi connectivity index (χ4v) is 2.89. The monoisotopic (exact) mass is 386 g/mol. The van der Waals surface area contributed by atoms with Gasteiger partial charge < -0.3 is 24.3 Å². The number of methoxy groups -OCH3 is 3. The Morgan fingerprint density at radius 3 is 2.43 bits per heavy atom. The zero-order valence-corrected chi connectivity index (χ0v) is 15.9. The van der Waals surface area contributed by atoms with Gasteiger partial charge in [-0.25, -0.2) is 4.79 Å². The van der Waals surface area contributed by atoms with Crippen molar-refractivity contribution < 1.29 is 28.5 Å². The summed E-state index contributed by atoms with van der Waals surface area (Å²) in [6.07, 6.45) is -0.894. The van der Waals surface area contributed by atoms with Crippen LogP contribution in [0.3, 0.4) is 0 Å². The Balaban J connectivity index is 1.59. The highest BCUT2D eigenvalue weighted by atomic mass is 16.6. The van der Waals surface area contributed by atoms with E-state index in [0.717, 1.165) is 0 Å². The van der Waals surface area contributed by atoms with Crippen LogP contribution >= 0.6 is 0 Å². The van der Waals surface area contributed by atoms with Crippen LogP contribution in [0, 0.1) is 0 Å². The van der Waals surface area contributed by atoms with Gasteiger partial charge in [-0.1, -0.05) is 0 Å². The number of rotatable bonds is 7. The highest BCUT2D eigenvalue weighted by Crippen LogP contribution is 2.27. The van der Waals surface area contributed by atoms with E-state index in [4.69, 9.17) is 18.9 Å². The summed E-state index contributed by atoms with van der Waals surface area (Å²) >= 11 is 0. The van der Waals surface area contributed by atoms with Crippen molar-refractivity contribution in [2.45, 2.75) is 6.10 Å². The molecule has 0 radical (unpaired) electrons. The van der Waals surface area contributed by atoms with Crippen molar-refractivity contribution in [1.82, 2.24) is 5.32 Å². The molecular formula is C20H22N2O6. The molecule has 1 aliphatic heterocycles. The molecule has 28 heavy (non-hydrogen) atoms. The zero-order chi connectivity index (χ0) is 20.1. The molecule has 3 rings (SSSR count). The second kappa shape index (κ2) is 8.51. The quantitative estimate of drug-likeness (QED) is 0.787. The number of amides is 2. The number of nitrogens with zero attached hydrogens (tertiary/aromatic N) is 1. The predicted octanol–water partition coefficient (Wildman–Crippen LogP) is 2.47. The van der Waals surface area contributed by atoms with Gasteiger partial charge in [0, 0.05) is 11.3 Å². The second-order valence-corrected chi connectivity index (χ2v) is 6.09. The third kappa shape index (κ3) is 4.11. The van der Waals surface area contributed by atoms with Crippen molar-refractivity contribution in [3.63, 3.8) is 0 Å².